The van der Waals surface area contributed by atoms with Crippen LogP contribution in [0.1, 0.15) is 5.76 Å². The Bertz CT molecular complexity index is 549. The average Bonchev–Trinajstić information content (AvgIpc) is 2.79. The number of hydrogen-bond acceptors (Lipinski definition) is 5. The van der Waals surface area contributed by atoms with E-state index in [9.17, 15) is 0 Å². The second-order valence-corrected chi connectivity index (χ2v) is 3.74. The van der Waals surface area contributed by atoms with Crippen LogP contribution >= 0.6 is 0 Å². The Labute approximate surface area is 106 Å². The predicted molar refractivity (Wildman–Crippen MR) is 69.3 cm³/mol. The molecule has 1 aromatic heterocycles. The first kappa shape index (κ1) is 12.3. The van der Waals surface area contributed by atoms with E-state index in [1.54, 1.807) is 21.3 Å². The molecule has 5 heteroatoms. The van der Waals surface area contributed by atoms with Crippen molar-refractivity contribution in [3.05, 3.63) is 24.0 Å². The molecule has 0 saturated heterocycles. The summed E-state index contributed by atoms with van der Waals surface area (Å²) < 4.78 is 16.0. The highest BCUT2D eigenvalue weighted by atomic mass is 16.5. The van der Waals surface area contributed by atoms with Crippen molar-refractivity contribution in [3.8, 4) is 22.8 Å². The molecule has 0 spiro atoms. The van der Waals surface area contributed by atoms with Gasteiger partial charge in [0.25, 0.3) is 6.01 Å². The van der Waals surface area contributed by atoms with Gasteiger partial charge in [0.1, 0.15) is 23.0 Å². The smallest absolute Gasteiger partial charge is 0.295 e. The van der Waals surface area contributed by atoms with Crippen molar-refractivity contribution in [2.24, 2.45) is 0 Å². The molecule has 0 atom stereocenters. The third-order valence-corrected chi connectivity index (χ3v) is 2.67. The van der Waals surface area contributed by atoms with Gasteiger partial charge in [-0.15, -0.1) is 0 Å². The van der Waals surface area contributed by atoms with E-state index in [4.69, 9.17) is 13.9 Å². The van der Waals surface area contributed by atoms with Gasteiger partial charge in [0.05, 0.1) is 14.2 Å². The van der Waals surface area contributed by atoms with Crippen molar-refractivity contribution in [3.63, 3.8) is 0 Å². The number of nitrogens with one attached hydrogen (secondary N) is 1. The van der Waals surface area contributed by atoms with Crippen LogP contribution < -0.4 is 14.8 Å². The highest BCUT2D eigenvalue weighted by Gasteiger charge is 2.15. The summed E-state index contributed by atoms with van der Waals surface area (Å²) in [7, 11) is 5.00. The Morgan fingerprint density at radius 1 is 1.22 bits per heavy atom. The molecule has 2 rings (SSSR count). The first-order valence-electron chi connectivity index (χ1n) is 5.57. The van der Waals surface area contributed by atoms with Crippen LogP contribution in [0.25, 0.3) is 11.3 Å². The zero-order valence-electron chi connectivity index (χ0n) is 10.9. The summed E-state index contributed by atoms with van der Waals surface area (Å²) in [4.78, 5) is 4.36. The molecule has 1 N–H and O–H groups in total. The Hall–Kier alpha value is -2.17. The van der Waals surface area contributed by atoms with Gasteiger partial charge < -0.3 is 19.2 Å². The molecule has 2 aromatic rings. The molecule has 1 aromatic carbocycles. The molecule has 5 nitrogen and oxygen atoms in total. The molecule has 0 saturated carbocycles. The van der Waals surface area contributed by atoms with Gasteiger partial charge in [-0.05, 0) is 19.1 Å². The Morgan fingerprint density at radius 2 is 2.00 bits per heavy atom. The topological polar surface area (TPSA) is 56.5 Å². The van der Waals surface area contributed by atoms with Crippen molar-refractivity contribution in [2.45, 2.75) is 6.92 Å². The largest absolute Gasteiger partial charge is 0.497 e. The van der Waals surface area contributed by atoms with Crippen LogP contribution in [0.15, 0.2) is 22.6 Å². The van der Waals surface area contributed by atoms with E-state index in [1.807, 2.05) is 25.1 Å². The zero-order valence-corrected chi connectivity index (χ0v) is 10.9. The molecular weight excluding hydrogens is 232 g/mol. The first-order chi connectivity index (χ1) is 8.69. The molecular formula is C13H16N2O3. The van der Waals surface area contributed by atoms with Crippen molar-refractivity contribution < 1.29 is 13.9 Å². The van der Waals surface area contributed by atoms with E-state index in [1.165, 1.54) is 0 Å². The van der Waals surface area contributed by atoms with Crippen LogP contribution in [-0.4, -0.2) is 26.3 Å². The fourth-order valence-electron chi connectivity index (χ4n) is 1.75. The number of rotatable bonds is 4. The fraction of sp³-hybridized carbons (Fsp3) is 0.308. The number of methoxy groups -OCH3 is 2. The van der Waals surface area contributed by atoms with Crippen LogP contribution in [0.2, 0.25) is 0 Å². The number of hydrogen-bond donors (Lipinski definition) is 1. The second-order valence-electron chi connectivity index (χ2n) is 3.74. The van der Waals surface area contributed by atoms with E-state index < -0.39 is 0 Å². The van der Waals surface area contributed by atoms with Crippen LogP contribution in [0.3, 0.4) is 0 Å². The minimum Gasteiger partial charge on any atom is -0.497 e. The summed E-state index contributed by atoms with van der Waals surface area (Å²) in [6, 6.07) is 6.08. The molecule has 0 unspecified atom stereocenters. The number of aromatic nitrogens is 1. The summed E-state index contributed by atoms with van der Waals surface area (Å²) in [6.45, 7) is 1.87. The minimum absolute atomic E-state index is 0.486. The maximum atomic E-state index is 5.47. The third-order valence-electron chi connectivity index (χ3n) is 2.67. The number of aryl methyl sites for hydroxylation is 1. The molecule has 0 radical (unpaired) electrons. The molecule has 0 amide bonds. The molecule has 0 fully saturated rings. The lowest BCUT2D eigenvalue weighted by Crippen LogP contribution is -1.92. The molecule has 0 aliphatic heterocycles. The lowest BCUT2D eigenvalue weighted by Gasteiger charge is -2.08. The van der Waals surface area contributed by atoms with Crippen molar-refractivity contribution >= 4 is 6.01 Å². The minimum atomic E-state index is 0.486. The zero-order chi connectivity index (χ0) is 13.1. The lowest BCUT2D eigenvalue weighted by molar-refractivity contribution is 0.395. The number of ether oxygens (including phenoxy) is 2. The standard InChI is InChI=1S/C13H16N2O3/c1-8-12(15-13(14-2)18-8)10-6-5-9(16-3)7-11(10)17-4/h5-7H,1-4H3,(H,14,15). The van der Waals surface area contributed by atoms with E-state index in [0.29, 0.717) is 11.8 Å². The second kappa shape index (κ2) is 5.00. The van der Waals surface area contributed by atoms with Gasteiger partial charge in [-0.25, -0.2) is 0 Å². The normalized spacial score (nSPS) is 10.2. The number of oxazole rings is 1. The molecule has 0 aliphatic rings. The van der Waals surface area contributed by atoms with Crippen LogP contribution in [0, 0.1) is 6.92 Å². The van der Waals surface area contributed by atoms with Crippen molar-refractivity contribution in [1.82, 2.24) is 4.98 Å². The summed E-state index contributed by atoms with van der Waals surface area (Å²) in [5.74, 6) is 2.18. The van der Waals surface area contributed by atoms with E-state index in [-0.39, 0.29) is 0 Å². The van der Waals surface area contributed by atoms with Gasteiger partial charge in [-0.2, -0.15) is 4.98 Å². The maximum absolute atomic E-state index is 5.47. The number of nitrogens with zero attached hydrogens (tertiary/aromatic N) is 1. The maximum Gasteiger partial charge on any atom is 0.295 e. The van der Waals surface area contributed by atoms with Crippen LogP contribution in [0.4, 0.5) is 6.01 Å². The van der Waals surface area contributed by atoms with Crippen molar-refractivity contribution in [1.29, 1.82) is 0 Å². The fourth-order valence-corrected chi connectivity index (χ4v) is 1.75. The Kier molecular flexibility index (Phi) is 3.41. The number of anilines is 1. The Balaban J connectivity index is 2.52. The molecule has 0 aliphatic carbocycles. The van der Waals surface area contributed by atoms with Gasteiger partial charge >= 0.3 is 0 Å². The van der Waals surface area contributed by atoms with Crippen LogP contribution in [-0.2, 0) is 0 Å². The highest BCUT2D eigenvalue weighted by Crippen LogP contribution is 2.35. The monoisotopic (exact) mass is 248 g/mol. The van der Waals surface area contributed by atoms with E-state index in [2.05, 4.69) is 10.3 Å². The van der Waals surface area contributed by atoms with E-state index in [0.717, 1.165) is 22.8 Å². The lowest BCUT2D eigenvalue weighted by atomic mass is 10.1. The average molecular weight is 248 g/mol. The highest BCUT2D eigenvalue weighted by molar-refractivity contribution is 5.70. The molecule has 18 heavy (non-hydrogen) atoms. The van der Waals surface area contributed by atoms with Gasteiger partial charge in [0.2, 0.25) is 0 Å². The molecule has 0 bridgehead atoms. The van der Waals surface area contributed by atoms with Gasteiger partial charge in [0.15, 0.2) is 0 Å². The predicted octanol–water partition coefficient (Wildman–Crippen LogP) is 2.71. The SMILES string of the molecule is CNc1nc(-c2ccc(OC)cc2OC)c(C)o1. The first-order valence-corrected chi connectivity index (χ1v) is 5.57. The van der Waals surface area contributed by atoms with Crippen molar-refractivity contribution in [2.75, 3.05) is 26.6 Å². The summed E-state index contributed by atoms with van der Waals surface area (Å²) in [6.07, 6.45) is 0. The summed E-state index contributed by atoms with van der Waals surface area (Å²) >= 11 is 0. The summed E-state index contributed by atoms with van der Waals surface area (Å²) in [5.41, 5.74) is 1.64. The van der Waals surface area contributed by atoms with E-state index >= 15 is 0 Å². The third kappa shape index (κ3) is 2.11. The van der Waals surface area contributed by atoms with Gasteiger partial charge in [-0.1, -0.05) is 0 Å². The number of benzene rings is 1. The van der Waals surface area contributed by atoms with Gasteiger partial charge in [0, 0.05) is 18.7 Å². The quantitative estimate of drug-likeness (QED) is 0.901. The molecule has 1 heterocycles. The van der Waals surface area contributed by atoms with Crippen LogP contribution in [0.5, 0.6) is 11.5 Å². The van der Waals surface area contributed by atoms with Gasteiger partial charge in [-0.3, -0.25) is 0 Å². The molecule has 96 valence electrons. The Morgan fingerprint density at radius 3 is 2.56 bits per heavy atom. The summed E-state index contributed by atoms with van der Waals surface area (Å²) in [5, 5.41) is 2.87.